The number of hydrogen-bond donors (Lipinski definition) is 3. The van der Waals surface area contributed by atoms with Crippen molar-refractivity contribution in [1.82, 2.24) is 0 Å². The molecule has 0 aliphatic carbocycles. The maximum absolute atomic E-state index is 10.6. The predicted molar refractivity (Wildman–Crippen MR) is 258 cm³/mol. The molecule has 3 N–H and O–H groups in total. The highest BCUT2D eigenvalue weighted by Gasteiger charge is 2.50. The van der Waals surface area contributed by atoms with E-state index in [1.165, 1.54) is 20.7 Å². The average Bonchev–Trinajstić information content (AvgIpc) is 3.28. The summed E-state index contributed by atoms with van der Waals surface area (Å²) in [6, 6.07) is 61.7. The van der Waals surface area contributed by atoms with Gasteiger partial charge < -0.3 is 29.2 Å². The summed E-state index contributed by atoms with van der Waals surface area (Å²) in [5, 5.41) is 33.0. The second-order valence-corrected chi connectivity index (χ2v) is 27.1. The maximum Gasteiger partial charge on any atom is 0.261 e. The van der Waals surface area contributed by atoms with E-state index in [4.69, 9.17) is 35.2 Å². The molecule has 6 nitrogen and oxygen atoms in total. The van der Waals surface area contributed by atoms with Gasteiger partial charge in [-0.3, -0.25) is 0 Å². The summed E-state index contributed by atoms with van der Waals surface area (Å²) in [7, 11) is -4.86. The molecular weight excluding hydrogens is 812 g/mol. The fourth-order valence-corrected chi connectivity index (χ4v) is 15.9. The van der Waals surface area contributed by atoms with E-state index in [-0.39, 0.29) is 36.5 Å². The van der Waals surface area contributed by atoms with Crippen molar-refractivity contribution in [3.05, 3.63) is 193 Å². The van der Waals surface area contributed by atoms with E-state index in [9.17, 15) is 5.11 Å². The zero-order valence-electron chi connectivity index (χ0n) is 36.7. The van der Waals surface area contributed by atoms with Crippen LogP contribution in [0.1, 0.15) is 52.7 Å². The van der Waals surface area contributed by atoms with Gasteiger partial charge in [0.15, 0.2) is 0 Å². The molecule has 324 valence electrons. The molecular formula is C52H65ClO6Si2. The van der Waals surface area contributed by atoms with Crippen molar-refractivity contribution in [3.8, 4) is 0 Å². The van der Waals surface area contributed by atoms with E-state index >= 15 is 0 Å². The lowest BCUT2D eigenvalue weighted by Gasteiger charge is -2.43. The topological polar surface area (TPSA) is 88.4 Å². The van der Waals surface area contributed by atoms with E-state index in [2.05, 4.69) is 139 Å². The number of benzene rings is 6. The first-order valence-corrected chi connectivity index (χ1v) is 25.9. The van der Waals surface area contributed by atoms with Crippen LogP contribution in [0.2, 0.25) is 10.1 Å². The molecule has 6 rings (SSSR count). The van der Waals surface area contributed by atoms with Crippen molar-refractivity contribution in [1.29, 1.82) is 0 Å². The third kappa shape index (κ3) is 14.4. The van der Waals surface area contributed by atoms with Crippen LogP contribution in [0, 0.1) is 0 Å². The third-order valence-electron chi connectivity index (χ3n) is 10.3. The third-order valence-corrected chi connectivity index (χ3v) is 22.7. The Hall–Kier alpha value is -4.20. The van der Waals surface area contributed by atoms with Gasteiger partial charge in [-0.15, -0.1) is 0 Å². The number of aliphatic hydroxyl groups is 3. The molecule has 0 radical (unpaired) electrons. The number of halogens is 1. The molecule has 6 aromatic carbocycles. The highest BCUT2D eigenvalue weighted by Crippen LogP contribution is 2.39. The Bertz CT molecular complexity index is 1970. The number of hydrogen-bond acceptors (Lipinski definition) is 6. The summed E-state index contributed by atoms with van der Waals surface area (Å²) in [6.45, 7) is 14.8. The highest BCUT2D eigenvalue weighted by molar-refractivity contribution is 7.35. The molecule has 0 bridgehead atoms. The van der Waals surface area contributed by atoms with E-state index in [0.29, 0.717) is 13.2 Å². The average molecular weight is 878 g/mol. The molecule has 0 saturated carbocycles. The van der Waals surface area contributed by atoms with Crippen molar-refractivity contribution < 1.29 is 29.2 Å². The minimum atomic E-state index is -2.63. The SMILES string of the molecule is CC(C)(C)[Si](Cl)(c1ccccc1)c1ccccc1.CC(C)(C)[Si](OC[C@H](O)COCc1ccccc1)(c1ccccc1)c1ccccc1.OC[C@H](O)COCc1ccccc1. The first-order chi connectivity index (χ1) is 29.2. The van der Waals surface area contributed by atoms with Crippen molar-refractivity contribution >= 4 is 47.5 Å². The lowest BCUT2D eigenvalue weighted by atomic mass is 10.2. The van der Waals surface area contributed by atoms with Gasteiger partial charge in [0.1, 0.15) is 6.10 Å². The minimum Gasteiger partial charge on any atom is -0.405 e. The largest absolute Gasteiger partial charge is 0.405 e. The maximum atomic E-state index is 10.6. The molecule has 0 spiro atoms. The molecule has 9 heteroatoms. The lowest BCUT2D eigenvalue weighted by molar-refractivity contribution is 0.0000253. The zero-order chi connectivity index (χ0) is 44.2. The summed E-state index contributed by atoms with van der Waals surface area (Å²) in [6.07, 6.45) is -1.46. The highest BCUT2D eigenvalue weighted by atomic mass is 35.6. The van der Waals surface area contributed by atoms with Gasteiger partial charge in [0, 0.05) is 0 Å². The standard InChI is InChI=1S/C26H32O3Si.C16H19ClSi.C10H14O3/c1-26(2,3)30(24-15-9-5-10-16-24,25-17-11-6-12-18-25)29-21-23(27)20-28-19-22-13-7-4-8-14-22;1-16(2,3)18(17,14-10-6-4-7-11-14)15-12-8-5-9-13-15;11-6-10(12)8-13-7-9-4-2-1-3-5-9/h4-18,23,27H,19-21H2,1-3H3;4-13H,1-3H3;1-5,10-12H,6-8H2/t23-;;10-/m1.0/s1. The van der Waals surface area contributed by atoms with Gasteiger partial charge in [0.25, 0.3) is 8.32 Å². The van der Waals surface area contributed by atoms with Crippen LogP contribution in [0.25, 0.3) is 0 Å². The van der Waals surface area contributed by atoms with Gasteiger partial charge in [-0.25, -0.2) is 0 Å². The predicted octanol–water partition coefficient (Wildman–Crippen LogP) is 8.48. The summed E-state index contributed by atoms with van der Waals surface area (Å²) in [4.78, 5) is 0. The Balaban J connectivity index is 0.000000223. The first-order valence-electron chi connectivity index (χ1n) is 21.0. The Morgan fingerprint density at radius 3 is 1.07 bits per heavy atom. The fourth-order valence-electron chi connectivity index (χ4n) is 7.23. The van der Waals surface area contributed by atoms with Gasteiger partial charge in [-0.1, -0.05) is 224 Å². The van der Waals surface area contributed by atoms with Crippen molar-refractivity contribution in [2.45, 2.75) is 77.0 Å². The number of aliphatic hydroxyl groups excluding tert-OH is 3. The summed E-state index contributed by atoms with van der Waals surface area (Å²) < 4.78 is 17.6. The first kappa shape index (κ1) is 49.5. The minimum absolute atomic E-state index is 0.0667. The van der Waals surface area contributed by atoms with Crippen molar-refractivity contribution in [3.63, 3.8) is 0 Å². The summed E-state index contributed by atoms with van der Waals surface area (Å²) in [5.74, 6) is 0. The second-order valence-electron chi connectivity index (χ2n) is 17.1. The van der Waals surface area contributed by atoms with Crippen LogP contribution >= 0.6 is 11.1 Å². The monoisotopic (exact) mass is 876 g/mol. The van der Waals surface area contributed by atoms with Gasteiger partial charge in [0.05, 0.1) is 45.7 Å². The van der Waals surface area contributed by atoms with E-state index in [1.807, 2.05) is 84.9 Å². The smallest absolute Gasteiger partial charge is 0.261 e. The normalized spacial score (nSPS) is 12.9. The number of ether oxygens (including phenoxy) is 2. The quantitative estimate of drug-likeness (QED) is 0.0669. The van der Waals surface area contributed by atoms with E-state index in [0.717, 1.165) is 11.1 Å². The molecule has 2 atom stereocenters. The molecule has 0 aromatic heterocycles. The number of rotatable bonds is 16. The second kappa shape index (κ2) is 24.4. The van der Waals surface area contributed by atoms with Crippen molar-refractivity contribution in [2.24, 2.45) is 0 Å². The van der Waals surface area contributed by atoms with Crippen LogP contribution in [-0.4, -0.2) is 69.7 Å². The van der Waals surface area contributed by atoms with Gasteiger partial charge >= 0.3 is 0 Å². The summed E-state index contributed by atoms with van der Waals surface area (Å²) in [5.41, 5.74) is 2.16. The lowest BCUT2D eigenvalue weighted by Crippen LogP contribution is -2.67. The molecule has 61 heavy (non-hydrogen) atoms. The fraction of sp³-hybridized carbons (Fsp3) is 0.308. The molecule has 0 aliphatic heterocycles. The molecule has 0 aliphatic rings. The van der Waals surface area contributed by atoms with Gasteiger partial charge in [-0.05, 0) is 42.0 Å². The van der Waals surface area contributed by atoms with Gasteiger partial charge in [-0.2, -0.15) is 11.1 Å². The molecule has 0 unspecified atom stereocenters. The Kier molecular flexibility index (Phi) is 19.8. The Labute approximate surface area is 371 Å². The van der Waals surface area contributed by atoms with Crippen LogP contribution in [-0.2, 0) is 27.1 Å². The van der Waals surface area contributed by atoms with Crippen LogP contribution in [0.4, 0.5) is 0 Å². The van der Waals surface area contributed by atoms with Crippen LogP contribution in [0.3, 0.4) is 0 Å². The van der Waals surface area contributed by atoms with Crippen molar-refractivity contribution in [2.75, 3.05) is 26.4 Å². The van der Waals surface area contributed by atoms with Crippen LogP contribution in [0.15, 0.2) is 182 Å². The molecule has 6 aromatic rings. The summed E-state index contributed by atoms with van der Waals surface area (Å²) >= 11 is 7.21. The van der Waals surface area contributed by atoms with Crippen LogP contribution < -0.4 is 20.7 Å². The molecule has 0 heterocycles. The van der Waals surface area contributed by atoms with E-state index in [1.54, 1.807) is 0 Å². The van der Waals surface area contributed by atoms with Crippen LogP contribution in [0.5, 0.6) is 0 Å². The molecule has 0 fully saturated rings. The van der Waals surface area contributed by atoms with Gasteiger partial charge in [0.2, 0.25) is 7.38 Å². The van der Waals surface area contributed by atoms with E-state index < -0.39 is 27.9 Å². The molecule has 0 saturated heterocycles. The Morgan fingerprint density at radius 1 is 0.443 bits per heavy atom. The zero-order valence-corrected chi connectivity index (χ0v) is 39.4. The molecule has 0 amide bonds. The Morgan fingerprint density at radius 2 is 0.754 bits per heavy atom.